The van der Waals surface area contributed by atoms with Crippen LogP contribution in [0, 0.1) is 11.3 Å². The van der Waals surface area contributed by atoms with Gasteiger partial charge in [-0.2, -0.15) is 5.26 Å². The molecule has 8 heteroatoms. The first-order chi connectivity index (χ1) is 12.5. The normalized spacial score (nSPS) is 9.81. The van der Waals surface area contributed by atoms with Crippen LogP contribution in [0.4, 0.5) is 5.69 Å². The van der Waals surface area contributed by atoms with E-state index in [4.69, 9.17) is 11.0 Å². The Morgan fingerprint density at radius 2 is 1.88 bits per heavy atom. The molecule has 0 aliphatic rings. The number of anilines is 1. The van der Waals surface area contributed by atoms with Crippen molar-refractivity contribution in [1.82, 2.24) is 5.32 Å². The Morgan fingerprint density at radius 1 is 1.12 bits per heavy atom. The molecule has 3 amide bonds. The Bertz CT molecular complexity index is 877. The van der Waals surface area contributed by atoms with Crippen LogP contribution in [0.2, 0.25) is 0 Å². The van der Waals surface area contributed by atoms with Crippen molar-refractivity contribution < 1.29 is 14.4 Å². The van der Waals surface area contributed by atoms with Crippen LogP contribution in [0.3, 0.4) is 0 Å². The van der Waals surface area contributed by atoms with Crippen LogP contribution in [0.1, 0.15) is 15.9 Å². The highest BCUT2D eigenvalue weighted by Crippen LogP contribution is 2.23. The highest BCUT2D eigenvalue weighted by Gasteiger charge is 2.13. The van der Waals surface area contributed by atoms with Crippen LogP contribution in [-0.4, -0.2) is 30.0 Å². The fourth-order valence-electron chi connectivity index (χ4n) is 2.05. The summed E-state index contributed by atoms with van der Waals surface area (Å²) in [5, 5.41) is 14.0. The summed E-state index contributed by atoms with van der Waals surface area (Å²) in [6.07, 6.45) is 0. The molecule has 0 atom stereocenters. The van der Waals surface area contributed by atoms with Crippen molar-refractivity contribution in [2.75, 3.05) is 17.6 Å². The average Bonchev–Trinajstić information content (AvgIpc) is 2.64. The number of carbonyl (C=O) groups excluding carboxylic acids is 3. The highest BCUT2D eigenvalue weighted by molar-refractivity contribution is 8.00. The van der Waals surface area contributed by atoms with Crippen molar-refractivity contribution in [3.8, 4) is 6.07 Å². The van der Waals surface area contributed by atoms with Gasteiger partial charge in [0.2, 0.25) is 11.8 Å². The predicted octanol–water partition coefficient (Wildman–Crippen LogP) is 1.50. The van der Waals surface area contributed by atoms with Crippen molar-refractivity contribution in [3.63, 3.8) is 0 Å². The summed E-state index contributed by atoms with van der Waals surface area (Å²) in [4.78, 5) is 35.6. The molecule has 2 aromatic rings. The van der Waals surface area contributed by atoms with Gasteiger partial charge in [-0.1, -0.05) is 18.2 Å². The molecular weight excluding hydrogens is 352 g/mol. The van der Waals surface area contributed by atoms with Gasteiger partial charge in [-0.25, -0.2) is 0 Å². The largest absolute Gasteiger partial charge is 0.368 e. The second kappa shape index (κ2) is 9.25. The van der Waals surface area contributed by atoms with Gasteiger partial charge in [0.05, 0.1) is 29.5 Å². The Balaban J connectivity index is 1.98. The fraction of sp³-hybridized carbons (Fsp3) is 0.111. The lowest BCUT2D eigenvalue weighted by Gasteiger charge is -2.09. The maximum absolute atomic E-state index is 12.1. The van der Waals surface area contributed by atoms with Gasteiger partial charge < -0.3 is 16.4 Å². The number of nitrogens with zero attached hydrogens (tertiary/aromatic N) is 1. The first-order valence-electron chi connectivity index (χ1n) is 7.58. The second-order valence-corrected chi connectivity index (χ2v) is 6.19. The minimum absolute atomic E-state index is 0.0803. The van der Waals surface area contributed by atoms with E-state index in [0.717, 1.165) is 0 Å². The molecule has 2 aromatic carbocycles. The third kappa shape index (κ3) is 5.65. The number of primary amides is 1. The predicted molar refractivity (Wildman–Crippen MR) is 98.5 cm³/mol. The number of amides is 3. The number of hydrogen-bond acceptors (Lipinski definition) is 5. The standard InChI is InChI=1S/C18H16N4O3S/c19-9-12-4-3-5-13(8-12)22-17(24)11-26-15-7-2-1-6-14(15)18(25)21-10-16(20)23/h1-8H,10-11H2,(H2,20,23)(H,21,25)(H,22,24). The minimum Gasteiger partial charge on any atom is -0.368 e. The number of carbonyl (C=O) groups is 3. The van der Waals surface area contributed by atoms with E-state index in [-0.39, 0.29) is 18.2 Å². The summed E-state index contributed by atoms with van der Waals surface area (Å²) in [6, 6.07) is 15.4. The molecular formula is C18H16N4O3S. The number of hydrogen-bond donors (Lipinski definition) is 3. The molecule has 0 saturated carbocycles. The zero-order chi connectivity index (χ0) is 18.9. The van der Waals surface area contributed by atoms with Crippen LogP contribution in [0.25, 0.3) is 0 Å². The first-order valence-corrected chi connectivity index (χ1v) is 8.56. The number of thioether (sulfide) groups is 1. The lowest BCUT2D eigenvalue weighted by molar-refractivity contribution is -0.117. The molecule has 0 radical (unpaired) electrons. The van der Waals surface area contributed by atoms with E-state index < -0.39 is 11.8 Å². The number of rotatable bonds is 7. The van der Waals surface area contributed by atoms with Crippen molar-refractivity contribution in [1.29, 1.82) is 5.26 Å². The molecule has 2 rings (SSSR count). The summed E-state index contributed by atoms with van der Waals surface area (Å²) >= 11 is 1.19. The van der Waals surface area contributed by atoms with Crippen LogP contribution in [0.5, 0.6) is 0 Å². The quantitative estimate of drug-likeness (QED) is 0.639. The van der Waals surface area contributed by atoms with Gasteiger partial charge in [0.25, 0.3) is 5.91 Å². The number of nitrogens with two attached hydrogens (primary N) is 1. The van der Waals surface area contributed by atoms with E-state index in [0.29, 0.717) is 21.7 Å². The first kappa shape index (κ1) is 19.0. The van der Waals surface area contributed by atoms with Gasteiger partial charge >= 0.3 is 0 Å². The van der Waals surface area contributed by atoms with E-state index >= 15 is 0 Å². The zero-order valence-electron chi connectivity index (χ0n) is 13.7. The van der Waals surface area contributed by atoms with Crippen LogP contribution < -0.4 is 16.4 Å². The maximum atomic E-state index is 12.1. The molecule has 132 valence electrons. The molecule has 0 aliphatic carbocycles. The Labute approximate surface area is 154 Å². The van der Waals surface area contributed by atoms with Gasteiger partial charge in [-0.15, -0.1) is 11.8 Å². The molecule has 7 nitrogen and oxygen atoms in total. The molecule has 0 bridgehead atoms. The number of nitriles is 1. The number of nitrogens with one attached hydrogen (secondary N) is 2. The van der Waals surface area contributed by atoms with Crippen LogP contribution in [0.15, 0.2) is 53.4 Å². The lowest BCUT2D eigenvalue weighted by atomic mass is 10.2. The fourth-order valence-corrected chi connectivity index (χ4v) is 2.90. The van der Waals surface area contributed by atoms with Gasteiger partial charge in [-0.05, 0) is 30.3 Å². The molecule has 0 saturated heterocycles. The van der Waals surface area contributed by atoms with Crippen molar-refractivity contribution in [2.24, 2.45) is 5.73 Å². The molecule has 4 N–H and O–H groups in total. The molecule has 0 unspecified atom stereocenters. The molecule has 0 aromatic heterocycles. The number of benzene rings is 2. The van der Waals surface area contributed by atoms with Gasteiger partial charge in [0, 0.05) is 10.6 Å². The highest BCUT2D eigenvalue weighted by atomic mass is 32.2. The van der Waals surface area contributed by atoms with Crippen molar-refractivity contribution >= 4 is 35.2 Å². The van der Waals surface area contributed by atoms with Crippen molar-refractivity contribution in [3.05, 3.63) is 59.7 Å². The maximum Gasteiger partial charge on any atom is 0.252 e. The van der Waals surface area contributed by atoms with Gasteiger partial charge in [0.1, 0.15) is 0 Å². The van der Waals surface area contributed by atoms with E-state index in [1.165, 1.54) is 11.8 Å². The Morgan fingerprint density at radius 3 is 2.62 bits per heavy atom. The summed E-state index contributed by atoms with van der Waals surface area (Å²) in [7, 11) is 0. The Hall–Kier alpha value is -3.31. The van der Waals surface area contributed by atoms with Crippen LogP contribution in [-0.2, 0) is 9.59 Å². The van der Waals surface area contributed by atoms with Crippen LogP contribution >= 0.6 is 11.8 Å². The molecule has 0 fully saturated rings. The Kier molecular flexibility index (Phi) is 6.76. The molecule has 0 aliphatic heterocycles. The third-order valence-electron chi connectivity index (χ3n) is 3.19. The summed E-state index contributed by atoms with van der Waals surface area (Å²) in [5.41, 5.74) is 6.36. The lowest BCUT2D eigenvalue weighted by Crippen LogP contribution is -2.33. The van der Waals surface area contributed by atoms with Crippen molar-refractivity contribution in [2.45, 2.75) is 4.90 Å². The molecule has 0 spiro atoms. The SMILES string of the molecule is N#Cc1cccc(NC(=O)CSc2ccccc2C(=O)NCC(N)=O)c1. The smallest absolute Gasteiger partial charge is 0.252 e. The van der Waals surface area contributed by atoms with Gasteiger partial charge in [-0.3, -0.25) is 14.4 Å². The summed E-state index contributed by atoms with van der Waals surface area (Å²) < 4.78 is 0. The topological polar surface area (TPSA) is 125 Å². The average molecular weight is 368 g/mol. The third-order valence-corrected chi connectivity index (χ3v) is 4.26. The zero-order valence-corrected chi connectivity index (χ0v) is 14.5. The monoisotopic (exact) mass is 368 g/mol. The van der Waals surface area contributed by atoms with Gasteiger partial charge in [0.15, 0.2) is 0 Å². The van der Waals surface area contributed by atoms with E-state index in [9.17, 15) is 14.4 Å². The van der Waals surface area contributed by atoms with E-state index in [1.807, 2.05) is 6.07 Å². The molecule has 26 heavy (non-hydrogen) atoms. The van der Waals surface area contributed by atoms with E-state index in [1.54, 1.807) is 48.5 Å². The van der Waals surface area contributed by atoms with E-state index in [2.05, 4.69) is 10.6 Å². The summed E-state index contributed by atoms with van der Waals surface area (Å²) in [5.74, 6) is -1.26. The minimum atomic E-state index is -0.637. The summed E-state index contributed by atoms with van der Waals surface area (Å²) in [6.45, 7) is -0.256. The molecule has 0 heterocycles. The second-order valence-electron chi connectivity index (χ2n) is 5.17.